The molecule has 1 heterocycles. The van der Waals surface area contributed by atoms with E-state index in [1.54, 1.807) is 48.5 Å². The number of piperidine rings is 1. The van der Waals surface area contributed by atoms with Crippen LogP contribution in [-0.4, -0.2) is 35.6 Å². The molecule has 134 valence electrons. The molecule has 1 saturated heterocycles. The van der Waals surface area contributed by atoms with Gasteiger partial charge < -0.3 is 10.2 Å². The highest BCUT2D eigenvalue weighted by atomic mass is 16.2. The van der Waals surface area contributed by atoms with Crippen molar-refractivity contribution in [2.24, 2.45) is 0 Å². The van der Waals surface area contributed by atoms with Crippen molar-refractivity contribution in [2.45, 2.75) is 26.2 Å². The van der Waals surface area contributed by atoms with Gasteiger partial charge in [0.1, 0.15) is 0 Å². The highest BCUT2D eigenvalue weighted by Gasteiger charge is 2.18. The number of nitrogens with one attached hydrogen (secondary N) is 1. The van der Waals surface area contributed by atoms with Crippen LogP contribution in [0.2, 0.25) is 0 Å². The summed E-state index contributed by atoms with van der Waals surface area (Å²) in [5, 5.41) is 2.78. The fourth-order valence-electron chi connectivity index (χ4n) is 3.06. The van der Waals surface area contributed by atoms with E-state index in [-0.39, 0.29) is 17.6 Å². The van der Waals surface area contributed by atoms with Gasteiger partial charge in [0.05, 0.1) is 0 Å². The molecule has 0 unspecified atom stereocenters. The molecule has 1 N–H and O–H groups in total. The van der Waals surface area contributed by atoms with Crippen LogP contribution in [0.5, 0.6) is 0 Å². The molecule has 0 spiro atoms. The lowest BCUT2D eigenvalue weighted by atomic mass is 10.1. The van der Waals surface area contributed by atoms with Gasteiger partial charge in [-0.25, -0.2) is 0 Å². The van der Waals surface area contributed by atoms with Gasteiger partial charge in [-0.2, -0.15) is 0 Å². The molecule has 0 bridgehead atoms. The topological polar surface area (TPSA) is 66.5 Å². The molecule has 1 fully saturated rings. The van der Waals surface area contributed by atoms with Gasteiger partial charge in [0.25, 0.3) is 11.8 Å². The number of hydrogen-bond donors (Lipinski definition) is 1. The minimum atomic E-state index is -0.275. The Labute approximate surface area is 153 Å². The molecule has 0 radical (unpaired) electrons. The van der Waals surface area contributed by atoms with E-state index in [1.807, 2.05) is 4.90 Å². The Bertz CT molecular complexity index is 821. The normalized spacial score (nSPS) is 14.0. The highest BCUT2D eigenvalue weighted by Crippen LogP contribution is 2.16. The van der Waals surface area contributed by atoms with Crippen molar-refractivity contribution in [3.8, 4) is 0 Å². The van der Waals surface area contributed by atoms with Gasteiger partial charge in [0.2, 0.25) is 0 Å². The summed E-state index contributed by atoms with van der Waals surface area (Å²) in [5.74, 6) is -0.310. The molecule has 0 atom stereocenters. The monoisotopic (exact) mass is 350 g/mol. The molecule has 5 nitrogen and oxygen atoms in total. The van der Waals surface area contributed by atoms with E-state index < -0.39 is 0 Å². The maximum atomic E-state index is 12.5. The second-order valence-electron chi connectivity index (χ2n) is 6.52. The van der Waals surface area contributed by atoms with E-state index in [0.29, 0.717) is 22.4 Å². The molecular formula is C21H22N2O3. The summed E-state index contributed by atoms with van der Waals surface area (Å²) in [6, 6.07) is 13.5. The number of carbonyl (C=O) groups excluding carboxylic acids is 3. The maximum Gasteiger partial charge on any atom is 0.255 e. The Morgan fingerprint density at radius 1 is 0.846 bits per heavy atom. The van der Waals surface area contributed by atoms with Gasteiger partial charge in [0, 0.05) is 35.5 Å². The number of hydrogen-bond acceptors (Lipinski definition) is 3. The number of amides is 2. The number of rotatable bonds is 4. The Morgan fingerprint density at radius 2 is 1.50 bits per heavy atom. The zero-order chi connectivity index (χ0) is 18.5. The highest BCUT2D eigenvalue weighted by molar-refractivity contribution is 6.05. The number of benzene rings is 2. The Kier molecular flexibility index (Phi) is 5.46. The van der Waals surface area contributed by atoms with Gasteiger partial charge in [-0.15, -0.1) is 0 Å². The molecule has 0 aliphatic carbocycles. The zero-order valence-corrected chi connectivity index (χ0v) is 14.8. The summed E-state index contributed by atoms with van der Waals surface area (Å²) in [4.78, 5) is 38.2. The minimum Gasteiger partial charge on any atom is -0.339 e. The average molecular weight is 350 g/mol. The van der Waals surface area contributed by atoms with Crippen LogP contribution in [-0.2, 0) is 0 Å². The number of anilines is 1. The first-order valence-electron chi connectivity index (χ1n) is 8.86. The van der Waals surface area contributed by atoms with Crippen molar-refractivity contribution in [3.05, 3.63) is 65.2 Å². The predicted octanol–water partition coefficient (Wildman–Crippen LogP) is 3.77. The van der Waals surface area contributed by atoms with Crippen molar-refractivity contribution >= 4 is 23.3 Å². The summed E-state index contributed by atoms with van der Waals surface area (Å²) < 4.78 is 0. The lowest BCUT2D eigenvalue weighted by Gasteiger charge is -2.26. The molecular weight excluding hydrogens is 328 g/mol. The summed E-state index contributed by atoms with van der Waals surface area (Å²) in [6.07, 6.45) is 3.27. The third-order valence-electron chi connectivity index (χ3n) is 4.56. The van der Waals surface area contributed by atoms with Crippen LogP contribution in [0, 0.1) is 0 Å². The lowest BCUT2D eigenvalue weighted by molar-refractivity contribution is 0.0723. The van der Waals surface area contributed by atoms with Gasteiger partial charge in [-0.3, -0.25) is 14.4 Å². The standard InChI is InChI=1S/C21H22N2O3/c1-15(24)18-6-5-7-19(14-18)22-20(25)16-8-10-17(11-9-16)21(26)23-12-3-2-4-13-23/h5-11,14H,2-4,12-13H2,1H3,(H,22,25). The molecule has 3 rings (SSSR count). The van der Waals surface area contributed by atoms with Crippen LogP contribution in [0.3, 0.4) is 0 Å². The summed E-state index contributed by atoms with van der Waals surface area (Å²) >= 11 is 0. The van der Waals surface area contributed by atoms with Gasteiger partial charge in [0.15, 0.2) is 5.78 Å². The zero-order valence-electron chi connectivity index (χ0n) is 14.8. The first-order chi connectivity index (χ1) is 12.5. The first-order valence-corrected chi connectivity index (χ1v) is 8.86. The maximum absolute atomic E-state index is 12.5. The summed E-state index contributed by atoms with van der Waals surface area (Å²) in [5.41, 5.74) is 2.18. The number of nitrogens with zero attached hydrogens (tertiary/aromatic N) is 1. The third kappa shape index (κ3) is 4.17. The number of carbonyl (C=O) groups is 3. The van der Waals surface area contributed by atoms with Gasteiger partial charge >= 0.3 is 0 Å². The van der Waals surface area contributed by atoms with Gasteiger partial charge in [-0.05, 0) is 62.6 Å². The summed E-state index contributed by atoms with van der Waals surface area (Å²) in [6.45, 7) is 3.08. The van der Waals surface area contributed by atoms with Crippen molar-refractivity contribution in [1.29, 1.82) is 0 Å². The van der Waals surface area contributed by atoms with Crippen LogP contribution in [0.4, 0.5) is 5.69 Å². The van der Waals surface area contributed by atoms with E-state index in [4.69, 9.17) is 0 Å². The molecule has 26 heavy (non-hydrogen) atoms. The Hall–Kier alpha value is -2.95. The van der Waals surface area contributed by atoms with Crippen molar-refractivity contribution in [3.63, 3.8) is 0 Å². The molecule has 1 aliphatic rings. The fraction of sp³-hybridized carbons (Fsp3) is 0.286. The van der Waals surface area contributed by atoms with Crippen molar-refractivity contribution < 1.29 is 14.4 Å². The van der Waals surface area contributed by atoms with Crippen LogP contribution in [0.1, 0.15) is 57.3 Å². The average Bonchev–Trinajstić information content (AvgIpc) is 2.68. The van der Waals surface area contributed by atoms with E-state index in [2.05, 4.69) is 5.32 Å². The predicted molar refractivity (Wildman–Crippen MR) is 101 cm³/mol. The molecule has 2 aromatic rings. The number of Topliss-reactive ketones (excluding diaryl/α,β-unsaturated/α-hetero) is 1. The molecule has 5 heteroatoms. The van der Waals surface area contributed by atoms with Crippen molar-refractivity contribution in [1.82, 2.24) is 4.90 Å². The smallest absolute Gasteiger partial charge is 0.255 e. The number of ketones is 1. The van der Waals surface area contributed by atoms with Crippen LogP contribution in [0.15, 0.2) is 48.5 Å². The largest absolute Gasteiger partial charge is 0.339 e. The van der Waals surface area contributed by atoms with E-state index in [0.717, 1.165) is 25.9 Å². The molecule has 0 saturated carbocycles. The Morgan fingerprint density at radius 3 is 2.15 bits per heavy atom. The minimum absolute atomic E-state index is 0.0193. The molecule has 0 aromatic heterocycles. The number of likely N-dealkylation sites (tertiary alicyclic amines) is 1. The van der Waals surface area contributed by atoms with Crippen LogP contribution >= 0.6 is 0 Å². The lowest BCUT2D eigenvalue weighted by Crippen LogP contribution is -2.35. The quantitative estimate of drug-likeness (QED) is 0.854. The molecule has 2 amide bonds. The first kappa shape index (κ1) is 17.9. The second kappa shape index (κ2) is 7.95. The SMILES string of the molecule is CC(=O)c1cccc(NC(=O)c2ccc(C(=O)N3CCCCC3)cc2)c1. The summed E-state index contributed by atoms with van der Waals surface area (Å²) in [7, 11) is 0. The van der Waals surface area contributed by atoms with Crippen LogP contribution in [0.25, 0.3) is 0 Å². The second-order valence-corrected chi connectivity index (χ2v) is 6.52. The molecule has 2 aromatic carbocycles. The van der Waals surface area contributed by atoms with Crippen molar-refractivity contribution in [2.75, 3.05) is 18.4 Å². The van der Waals surface area contributed by atoms with Gasteiger partial charge in [-0.1, -0.05) is 12.1 Å². The Balaban J connectivity index is 1.68. The van der Waals surface area contributed by atoms with E-state index in [9.17, 15) is 14.4 Å². The van der Waals surface area contributed by atoms with Crippen LogP contribution < -0.4 is 5.32 Å². The van der Waals surface area contributed by atoms with E-state index >= 15 is 0 Å². The van der Waals surface area contributed by atoms with E-state index in [1.165, 1.54) is 13.3 Å². The third-order valence-corrected chi connectivity index (χ3v) is 4.56. The molecule has 1 aliphatic heterocycles. The fourth-order valence-corrected chi connectivity index (χ4v) is 3.06.